The molecule has 1 N–H and O–H groups in total. The van der Waals surface area contributed by atoms with E-state index < -0.39 is 0 Å². The Morgan fingerprint density at radius 1 is 1.06 bits per heavy atom. The molecular formula is C26H28N4O2. The lowest BCUT2D eigenvalue weighted by atomic mass is 10.1. The minimum Gasteiger partial charge on any atom is -0.487 e. The Bertz CT molecular complexity index is 1180. The molecular weight excluding hydrogens is 400 g/mol. The minimum atomic E-state index is -0.102. The summed E-state index contributed by atoms with van der Waals surface area (Å²) in [6.07, 6.45) is 3.95. The van der Waals surface area contributed by atoms with E-state index in [9.17, 15) is 4.79 Å². The summed E-state index contributed by atoms with van der Waals surface area (Å²) < 4.78 is 7.87. The van der Waals surface area contributed by atoms with Crippen molar-refractivity contribution >= 4 is 11.6 Å². The molecule has 0 aliphatic carbocycles. The van der Waals surface area contributed by atoms with Crippen LogP contribution in [0.3, 0.4) is 0 Å². The molecule has 4 aromatic rings. The molecule has 1 amide bonds. The number of nitrogens with zero attached hydrogens (tertiary/aromatic N) is 3. The molecule has 164 valence electrons. The first-order valence-electron chi connectivity index (χ1n) is 10.7. The number of fused-ring (bicyclic) bond motifs is 1. The van der Waals surface area contributed by atoms with E-state index in [0.717, 1.165) is 16.9 Å². The van der Waals surface area contributed by atoms with Gasteiger partial charge in [0, 0.05) is 24.5 Å². The Hall–Kier alpha value is -3.64. The molecule has 2 aromatic carbocycles. The van der Waals surface area contributed by atoms with Crippen LogP contribution in [0.15, 0.2) is 79.1 Å². The number of rotatable bonds is 8. The molecule has 0 saturated carbocycles. The topological polar surface area (TPSA) is 58.9 Å². The van der Waals surface area contributed by atoms with Gasteiger partial charge < -0.3 is 19.4 Å². The Morgan fingerprint density at radius 3 is 2.50 bits per heavy atom. The molecule has 0 aliphatic rings. The highest BCUT2D eigenvalue weighted by Crippen LogP contribution is 2.18. The van der Waals surface area contributed by atoms with E-state index in [1.807, 2.05) is 80.3 Å². The number of hydrogen-bond acceptors (Lipinski definition) is 4. The van der Waals surface area contributed by atoms with Gasteiger partial charge in [0.25, 0.3) is 5.91 Å². The summed E-state index contributed by atoms with van der Waals surface area (Å²) >= 11 is 0. The van der Waals surface area contributed by atoms with Crippen molar-refractivity contribution in [2.45, 2.75) is 19.6 Å². The predicted molar refractivity (Wildman–Crippen MR) is 126 cm³/mol. The van der Waals surface area contributed by atoms with Crippen LogP contribution < -0.4 is 10.1 Å². The lowest BCUT2D eigenvalue weighted by Gasteiger charge is -2.25. The van der Waals surface area contributed by atoms with Gasteiger partial charge in [-0.3, -0.25) is 4.79 Å². The van der Waals surface area contributed by atoms with Crippen LogP contribution in [0, 0.1) is 6.92 Å². The summed E-state index contributed by atoms with van der Waals surface area (Å²) in [5, 5.41) is 3.04. The number of aryl methyl sites for hydroxylation is 1. The van der Waals surface area contributed by atoms with Crippen molar-refractivity contribution in [1.29, 1.82) is 0 Å². The normalized spacial score (nSPS) is 12.1. The first-order chi connectivity index (χ1) is 15.5. The Kier molecular flexibility index (Phi) is 6.52. The maximum atomic E-state index is 12.6. The number of carbonyl (C=O) groups is 1. The van der Waals surface area contributed by atoms with Gasteiger partial charge in [-0.2, -0.15) is 0 Å². The number of carbonyl (C=O) groups excluding carboxylic acids is 1. The summed E-state index contributed by atoms with van der Waals surface area (Å²) in [5.74, 6) is 0.598. The van der Waals surface area contributed by atoms with E-state index in [0.29, 0.717) is 24.5 Å². The standard InChI is InChI=1S/C26H28N4O2/c1-19-8-7-15-30-17-22(28-25(19)30)18-32-23-13-11-21(12-14-23)26(31)27-16-24(29(2)3)20-9-5-4-6-10-20/h4-15,17,24H,16,18H2,1-3H3,(H,27,31). The zero-order valence-corrected chi connectivity index (χ0v) is 18.7. The first-order valence-corrected chi connectivity index (χ1v) is 10.7. The van der Waals surface area contributed by atoms with Crippen molar-refractivity contribution in [3.8, 4) is 5.75 Å². The fourth-order valence-corrected chi connectivity index (χ4v) is 3.70. The van der Waals surface area contributed by atoms with Crippen LogP contribution in [0.4, 0.5) is 0 Å². The number of hydrogen-bond donors (Lipinski definition) is 1. The summed E-state index contributed by atoms with van der Waals surface area (Å²) in [6, 6.07) is 21.5. The molecule has 6 heteroatoms. The Balaban J connectivity index is 1.34. The molecule has 0 aliphatic heterocycles. The van der Waals surface area contributed by atoms with Gasteiger partial charge in [-0.25, -0.2) is 4.98 Å². The Labute approximate surface area is 188 Å². The van der Waals surface area contributed by atoms with Crippen molar-refractivity contribution < 1.29 is 9.53 Å². The van der Waals surface area contributed by atoms with Gasteiger partial charge in [-0.05, 0) is 62.5 Å². The molecule has 0 bridgehead atoms. The van der Waals surface area contributed by atoms with Crippen molar-refractivity contribution in [3.63, 3.8) is 0 Å². The van der Waals surface area contributed by atoms with E-state index in [1.54, 1.807) is 12.1 Å². The quantitative estimate of drug-likeness (QED) is 0.456. The fraction of sp³-hybridized carbons (Fsp3) is 0.231. The number of amides is 1. The molecule has 2 aromatic heterocycles. The molecule has 1 unspecified atom stereocenters. The summed E-state index contributed by atoms with van der Waals surface area (Å²) in [6.45, 7) is 2.94. The zero-order chi connectivity index (χ0) is 22.5. The maximum Gasteiger partial charge on any atom is 0.251 e. The second kappa shape index (κ2) is 9.66. The van der Waals surface area contributed by atoms with E-state index in [-0.39, 0.29) is 11.9 Å². The van der Waals surface area contributed by atoms with E-state index in [1.165, 1.54) is 5.56 Å². The van der Waals surface area contributed by atoms with Crippen molar-refractivity contribution in [2.75, 3.05) is 20.6 Å². The second-order valence-electron chi connectivity index (χ2n) is 8.07. The number of imidazole rings is 1. The lowest BCUT2D eigenvalue weighted by Crippen LogP contribution is -2.34. The van der Waals surface area contributed by atoms with E-state index in [4.69, 9.17) is 4.74 Å². The molecule has 32 heavy (non-hydrogen) atoms. The van der Waals surface area contributed by atoms with Crippen LogP contribution in [-0.4, -0.2) is 40.8 Å². The third-order valence-corrected chi connectivity index (χ3v) is 5.49. The number of pyridine rings is 1. The van der Waals surface area contributed by atoms with Crippen molar-refractivity contribution in [2.24, 2.45) is 0 Å². The SMILES string of the molecule is Cc1cccn2cc(COc3ccc(C(=O)NCC(c4ccccc4)N(C)C)cc3)nc12. The lowest BCUT2D eigenvalue weighted by molar-refractivity contribution is 0.0942. The third kappa shape index (κ3) is 4.98. The van der Waals surface area contributed by atoms with Gasteiger partial charge in [0.1, 0.15) is 18.0 Å². The van der Waals surface area contributed by atoms with Crippen molar-refractivity contribution in [3.05, 3.63) is 102 Å². The highest BCUT2D eigenvalue weighted by molar-refractivity contribution is 5.94. The smallest absolute Gasteiger partial charge is 0.251 e. The highest BCUT2D eigenvalue weighted by atomic mass is 16.5. The summed E-state index contributed by atoms with van der Waals surface area (Å²) in [4.78, 5) is 19.4. The number of benzene rings is 2. The van der Waals surface area contributed by atoms with Gasteiger partial charge in [0.15, 0.2) is 0 Å². The average Bonchev–Trinajstić information content (AvgIpc) is 3.23. The first kappa shape index (κ1) is 21.6. The van der Waals surface area contributed by atoms with Gasteiger partial charge in [-0.15, -0.1) is 0 Å². The summed E-state index contributed by atoms with van der Waals surface area (Å²) in [7, 11) is 4.03. The highest BCUT2D eigenvalue weighted by Gasteiger charge is 2.15. The molecule has 1 atom stereocenters. The van der Waals surface area contributed by atoms with Crippen LogP contribution in [0.25, 0.3) is 5.65 Å². The van der Waals surface area contributed by atoms with Crippen LogP contribution in [0.5, 0.6) is 5.75 Å². The zero-order valence-electron chi connectivity index (χ0n) is 18.7. The van der Waals surface area contributed by atoms with E-state index in [2.05, 4.69) is 27.3 Å². The molecule has 0 fully saturated rings. The molecule has 2 heterocycles. The number of nitrogens with one attached hydrogen (secondary N) is 1. The third-order valence-electron chi connectivity index (χ3n) is 5.49. The number of likely N-dealkylation sites (N-methyl/N-ethyl adjacent to an activating group) is 1. The van der Waals surface area contributed by atoms with E-state index >= 15 is 0 Å². The van der Waals surface area contributed by atoms with Crippen LogP contribution >= 0.6 is 0 Å². The Morgan fingerprint density at radius 2 is 1.81 bits per heavy atom. The largest absolute Gasteiger partial charge is 0.487 e. The van der Waals surface area contributed by atoms with Crippen LogP contribution in [0.2, 0.25) is 0 Å². The minimum absolute atomic E-state index is 0.102. The number of ether oxygens (including phenoxy) is 1. The van der Waals surface area contributed by atoms with Gasteiger partial charge in [0.2, 0.25) is 0 Å². The monoisotopic (exact) mass is 428 g/mol. The maximum absolute atomic E-state index is 12.6. The molecule has 6 nitrogen and oxygen atoms in total. The van der Waals surface area contributed by atoms with Gasteiger partial charge >= 0.3 is 0 Å². The van der Waals surface area contributed by atoms with Gasteiger partial charge in [-0.1, -0.05) is 36.4 Å². The second-order valence-corrected chi connectivity index (χ2v) is 8.07. The molecule has 4 rings (SSSR count). The van der Waals surface area contributed by atoms with Crippen LogP contribution in [0.1, 0.15) is 33.2 Å². The molecule has 0 radical (unpaired) electrons. The molecule has 0 saturated heterocycles. The van der Waals surface area contributed by atoms with Crippen molar-refractivity contribution in [1.82, 2.24) is 19.6 Å². The number of aromatic nitrogens is 2. The summed E-state index contributed by atoms with van der Waals surface area (Å²) in [5.41, 5.74) is 4.69. The average molecular weight is 429 g/mol. The fourth-order valence-electron chi connectivity index (χ4n) is 3.70. The molecule has 0 spiro atoms. The van der Waals surface area contributed by atoms with Gasteiger partial charge in [0.05, 0.1) is 11.7 Å². The predicted octanol–water partition coefficient (Wildman–Crippen LogP) is 4.25. The van der Waals surface area contributed by atoms with Crippen LogP contribution in [-0.2, 0) is 6.61 Å².